The number of aryl methyl sites for hydroxylation is 2. The van der Waals surface area contributed by atoms with Gasteiger partial charge in [-0.05, 0) is 66.6 Å². The summed E-state index contributed by atoms with van der Waals surface area (Å²) in [6.07, 6.45) is 1.61. The molecule has 1 amide bonds. The quantitative estimate of drug-likeness (QED) is 0.310. The number of amidine groups is 2. The van der Waals surface area contributed by atoms with Crippen LogP contribution in [0.5, 0.6) is 17.2 Å². The van der Waals surface area contributed by atoms with Gasteiger partial charge in [0.25, 0.3) is 5.91 Å². The predicted molar refractivity (Wildman–Crippen MR) is 150 cm³/mol. The average Bonchev–Trinajstić information content (AvgIpc) is 3.36. The van der Waals surface area contributed by atoms with Crippen LogP contribution < -0.4 is 14.2 Å². The number of carbonyl (C=O) groups excluding carboxylic acids is 1. The second-order valence-electron chi connectivity index (χ2n) is 8.67. The van der Waals surface area contributed by atoms with Crippen molar-refractivity contribution >= 4 is 39.8 Å². The molecule has 8 nitrogen and oxygen atoms in total. The molecule has 0 unspecified atom stereocenters. The molecular formula is C29H26N4O4S. The Morgan fingerprint density at radius 2 is 1.71 bits per heavy atom. The van der Waals surface area contributed by atoms with E-state index in [-0.39, 0.29) is 11.4 Å². The summed E-state index contributed by atoms with van der Waals surface area (Å²) in [6, 6.07) is 21.0. The smallest absolute Gasteiger partial charge is 0.283 e. The Morgan fingerprint density at radius 3 is 2.47 bits per heavy atom. The molecule has 1 N–H and O–H groups in total. The van der Waals surface area contributed by atoms with Gasteiger partial charge in [0, 0.05) is 5.56 Å². The van der Waals surface area contributed by atoms with Crippen LogP contribution in [-0.2, 0) is 4.79 Å². The van der Waals surface area contributed by atoms with Crippen molar-refractivity contribution in [2.75, 3.05) is 20.3 Å². The van der Waals surface area contributed by atoms with E-state index in [1.54, 1.807) is 31.4 Å². The third kappa shape index (κ3) is 5.33. The van der Waals surface area contributed by atoms with E-state index in [0.717, 1.165) is 22.4 Å². The lowest BCUT2D eigenvalue weighted by atomic mass is 10.1. The molecule has 0 radical (unpaired) electrons. The molecule has 0 atom stereocenters. The average molecular weight is 527 g/mol. The second-order valence-corrected chi connectivity index (χ2v) is 9.62. The van der Waals surface area contributed by atoms with Crippen LogP contribution in [-0.4, -0.2) is 47.3 Å². The van der Waals surface area contributed by atoms with Gasteiger partial charge in [0.2, 0.25) is 5.17 Å². The highest BCUT2D eigenvalue weighted by Gasteiger charge is 2.36. The highest BCUT2D eigenvalue weighted by Crippen LogP contribution is 2.33. The molecule has 0 saturated heterocycles. The minimum Gasteiger partial charge on any atom is -0.493 e. The van der Waals surface area contributed by atoms with Gasteiger partial charge in [0.15, 0.2) is 17.3 Å². The van der Waals surface area contributed by atoms with Crippen molar-refractivity contribution in [2.45, 2.75) is 13.8 Å². The van der Waals surface area contributed by atoms with Crippen molar-refractivity contribution in [3.05, 3.63) is 94.6 Å². The number of ether oxygens (including phenoxy) is 3. The number of nitrogens with zero attached hydrogens (tertiary/aromatic N) is 3. The molecule has 0 aromatic heterocycles. The fourth-order valence-corrected chi connectivity index (χ4v) is 4.81. The summed E-state index contributed by atoms with van der Waals surface area (Å²) in [4.78, 5) is 17.0. The zero-order valence-electron chi connectivity index (χ0n) is 21.2. The maximum Gasteiger partial charge on any atom is 0.283 e. The molecule has 192 valence electrons. The minimum absolute atomic E-state index is 0.0266. The van der Waals surface area contributed by atoms with Crippen molar-refractivity contribution < 1.29 is 19.0 Å². The van der Waals surface area contributed by atoms with Crippen LogP contribution in [0.2, 0.25) is 0 Å². The first-order valence-corrected chi connectivity index (χ1v) is 12.8. The number of methoxy groups -OCH3 is 1. The van der Waals surface area contributed by atoms with Crippen LogP contribution in [0, 0.1) is 19.3 Å². The molecule has 0 bridgehead atoms. The van der Waals surface area contributed by atoms with Crippen LogP contribution in [0.25, 0.3) is 6.08 Å². The van der Waals surface area contributed by atoms with Crippen LogP contribution in [0.4, 0.5) is 0 Å². The zero-order chi connectivity index (χ0) is 26.6. The fraction of sp³-hybridized carbons (Fsp3) is 0.172. The first kappa shape index (κ1) is 25.3. The summed E-state index contributed by atoms with van der Waals surface area (Å²) >= 11 is 1.27. The summed E-state index contributed by atoms with van der Waals surface area (Å²) in [5, 5.41) is 15.6. The number of hydrazone groups is 1. The molecule has 3 aromatic carbocycles. The Morgan fingerprint density at radius 1 is 0.947 bits per heavy atom. The Bertz CT molecular complexity index is 1500. The van der Waals surface area contributed by atoms with Crippen molar-refractivity contribution in [3.8, 4) is 17.2 Å². The molecule has 0 aliphatic carbocycles. The molecule has 38 heavy (non-hydrogen) atoms. The lowest BCUT2D eigenvalue weighted by Crippen LogP contribution is -2.35. The van der Waals surface area contributed by atoms with Gasteiger partial charge in [-0.3, -0.25) is 10.2 Å². The van der Waals surface area contributed by atoms with Crippen LogP contribution in [0.3, 0.4) is 0 Å². The number of aliphatic imine (C=N–C) groups is 1. The van der Waals surface area contributed by atoms with Gasteiger partial charge in [0.05, 0.1) is 12.7 Å². The summed E-state index contributed by atoms with van der Waals surface area (Å²) in [5.74, 6) is 1.39. The molecule has 5 rings (SSSR count). The van der Waals surface area contributed by atoms with E-state index >= 15 is 0 Å². The number of amides is 1. The Balaban J connectivity index is 1.28. The SMILES string of the molecule is COc1cc(/C=C2/C(=N)N3N=C(c4ccccc4)SC3=NC2=O)ccc1OCCOc1cc(C)ccc1C. The fourth-order valence-electron chi connectivity index (χ4n) is 3.92. The maximum absolute atomic E-state index is 12.8. The van der Waals surface area contributed by atoms with Crippen LogP contribution >= 0.6 is 11.8 Å². The minimum atomic E-state index is -0.485. The number of hydrogen-bond acceptors (Lipinski definition) is 7. The summed E-state index contributed by atoms with van der Waals surface area (Å²) in [5.41, 5.74) is 3.92. The topological polar surface area (TPSA) is 96.6 Å². The van der Waals surface area contributed by atoms with E-state index < -0.39 is 5.91 Å². The van der Waals surface area contributed by atoms with E-state index in [0.29, 0.717) is 40.5 Å². The van der Waals surface area contributed by atoms with Crippen molar-refractivity contribution in [1.29, 1.82) is 5.41 Å². The Kier molecular flexibility index (Phi) is 7.28. The molecule has 2 aliphatic heterocycles. The molecule has 3 aromatic rings. The lowest BCUT2D eigenvalue weighted by molar-refractivity contribution is -0.114. The third-order valence-electron chi connectivity index (χ3n) is 5.92. The van der Waals surface area contributed by atoms with Crippen LogP contribution in [0.1, 0.15) is 22.3 Å². The van der Waals surface area contributed by atoms with Gasteiger partial charge >= 0.3 is 0 Å². The Hall–Kier alpha value is -4.37. The maximum atomic E-state index is 12.8. The van der Waals surface area contributed by atoms with E-state index in [1.165, 1.54) is 16.8 Å². The van der Waals surface area contributed by atoms with Gasteiger partial charge in [-0.15, -0.1) is 0 Å². The third-order valence-corrected chi connectivity index (χ3v) is 6.87. The van der Waals surface area contributed by atoms with E-state index in [2.05, 4.69) is 10.1 Å². The van der Waals surface area contributed by atoms with Gasteiger partial charge in [0.1, 0.15) is 24.0 Å². The van der Waals surface area contributed by atoms with Crippen molar-refractivity contribution in [1.82, 2.24) is 5.01 Å². The predicted octanol–water partition coefficient (Wildman–Crippen LogP) is 5.44. The summed E-state index contributed by atoms with van der Waals surface area (Å²) in [6.45, 7) is 4.74. The molecule has 2 aliphatic rings. The number of benzene rings is 3. The number of nitrogens with one attached hydrogen (secondary N) is 1. The summed E-state index contributed by atoms with van der Waals surface area (Å²) < 4.78 is 17.3. The molecule has 0 fully saturated rings. The Labute approximate surface area is 225 Å². The lowest BCUT2D eigenvalue weighted by Gasteiger charge is -2.20. The largest absolute Gasteiger partial charge is 0.493 e. The first-order valence-electron chi connectivity index (χ1n) is 12.0. The number of thioether (sulfide) groups is 1. The van der Waals surface area contributed by atoms with Gasteiger partial charge in [-0.2, -0.15) is 15.1 Å². The van der Waals surface area contributed by atoms with Crippen LogP contribution in [0.15, 0.2) is 82.4 Å². The zero-order valence-corrected chi connectivity index (χ0v) is 22.0. The van der Waals surface area contributed by atoms with Gasteiger partial charge in [-0.25, -0.2) is 0 Å². The van der Waals surface area contributed by atoms with E-state index in [4.69, 9.17) is 19.6 Å². The number of hydrogen-bond donors (Lipinski definition) is 1. The van der Waals surface area contributed by atoms with Gasteiger partial charge in [-0.1, -0.05) is 48.5 Å². The highest BCUT2D eigenvalue weighted by molar-refractivity contribution is 8.27. The number of carbonyl (C=O) groups is 1. The highest BCUT2D eigenvalue weighted by atomic mass is 32.2. The molecule has 0 saturated carbocycles. The monoisotopic (exact) mass is 526 g/mol. The molecular weight excluding hydrogens is 500 g/mol. The second kappa shape index (κ2) is 10.9. The van der Waals surface area contributed by atoms with Crippen molar-refractivity contribution in [3.63, 3.8) is 0 Å². The van der Waals surface area contributed by atoms with E-state index in [9.17, 15) is 4.79 Å². The number of rotatable bonds is 8. The standard InChI is InChI=1S/C29H26N4O4S/c1-18-9-10-19(2)24(15-18)37-14-13-36-23-12-11-20(17-25(23)35-3)16-22-26(30)33-29(31-27(22)34)38-28(32-33)21-7-5-4-6-8-21/h4-12,15-17,30H,13-14H2,1-3H3/b22-16-,30-26?. The normalized spacial score (nSPS) is 15.8. The molecule has 2 heterocycles. The number of fused-ring (bicyclic) bond motifs is 1. The molecule has 0 spiro atoms. The van der Waals surface area contributed by atoms with Gasteiger partial charge < -0.3 is 14.2 Å². The first-order chi connectivity index (χ1) is 18.4. The van der Waals surface area contributed by atoms with E-state index in [1.807, 2.05) is 62.4 Å². The molecule has 9 heteroatoms. The summed E-state index contributed by atoms with van der Waals surface area (Å²) in [7, 11) is 1.55. The van der Waals surface area contributed by atoms with Crippen molar-refractivity contribution in [2.24, 2.45) is 10.1 Å².